The molecule has 3 rings (SSSR count). The van der Waals surface area contributed by atoms with Gasteiger partial charge in [0.15, 0.2) is 0 Å². The predicted molar refractivity (Wildman–Crippen MR) is 125 cm³/mol. The van der Waals surface area contributed by atoms with Crippen LogP contribution in [0.15, 0.2) is 71.6 Å². The van der Waals surface area contributed by atoms with Crippen LogP contribution in [-0.2, 0) is 21.2 Å². The number of sulfonamides is 1. The van der Waals surface area contributed by atoms with Gasteiger partial charge in [-0.3, -0.25) is 9.10 Å². The quantitative estimate of drug-likeness (QED) is 0.516. The molecule has 0 saturated heterocycles. The van der Waals surface area contributed by atoms with Gasteiger partial charge in [0, 0.05) is 11.6 Å². The standard InChI is InChI=1S/C24H24ClFN2O3S/c1-17-3-10-22(11-4-17)32(30,31)28(23-12-7-20(25)15-18(23)2)16-24(29)27-14-13-19-5-8-21(26)9-6-19/h3-12,15H,13-14,16H2,1-2H3,(H,27,29). The zero-order valence-corrected chi connectivity index (χ0v) is 19.4. The van der Waals surface area contributed by atoms with E-state index in [0.29, 0.717) is 29.2 Å². The number of amides is 1. The molecule has 32 heavy (non-hydrogen) atoms. The van der Waals surface area contributed by atoms with Gasteiger partial charge in [0.1, 0.15) is 12.4 Å². The first-order valence-corrected chi connectivity index (χ1v) is 11.9. The van der Waals surface area contributed by atoms with Crippen molar-refractivity contribution in [2.45, 2.75) is 25.2 Å². The van der Waals surface area contributed by atoms with Gasteiger partial charge in [0.2, 0.25) is 5.91 Å². The van der Waals surface area contributed by atoms with Crippen LogP contribution >= 0.6 is 11.6 Å². The van der Waals surface area contributed by atoms with E-state index >= 15 is 0 Å². The number of nitrogens with one attached hydrogen (secondary N) is 1. The van der Waals surface area contributed by atoms with E-state index in [2.05, 4.69) is 5.32 Å². The largest absolute Gasteiger partial charge is 0.354 e. The van der Waals surface area contributed by atoms with E-state index in [1.807, 2.05) is 6.92 Å². The first kappa shape index (κ1) is 23.8. The Hall–Kier alpha value is -2.90. The van der Waals surface area contributed by atoms with Gasteiger partial charge in [-0.2, -0.15) is 0 Å². The normalized spacial score (nSPS) is 11.2. The third-order valence-electron chi connectivity index (χ3n) is 4.97. The number of carbonyl (C=O) groups is 1. The van der Waals surface area contributed by atoms with E-state index in [1.165, 1.54) is 24.3 Å². The molecule has 168 valence electrons. The van der Waals surface area contributed by atoms with Crippen molar-refractivity contribution in [1.82, 2.24) is 5.32 Å². The highest BCUT2D eigenvalue weighted by atomic mass is 35.5. The number of rotatable bonds is 8. The lowest BCUT2D eigenvalue weighted by molar-refractivity contribution is -0.119. The summed E-state index contributed by atoms with van der Waals surface area (Å²) in [5, 5.41) is 3.22. The molecule has 0 spiro atoms. The lowest BCUT2D eigenvalue weighted by atomic mass is 10.1. The topological polar surface area (TPSA) is 66.5 Å². The molecule has 0 saturated carbocycles. The third-order valence-corrected chi connectivity index (χ3v) is 6.98. The second kappa shape index (κ2) is 10.1. The summed E-state index contributed by atoms with van der Waals surface area (Å²) >= 11 is 6.04. The van der Waals surface area contributed by atoms with Gasteiger partial charge >= 0.3 is 0 Å². The Balaban J connectivity index is 1.81. The molecule has 0 radical (unpaired) electrons. The van der Waals surface area contributed by atoms with E-state index in [-0.39, 0.29) is 17.3 Å². The van der Waals surface area contributed by atoms with Gasteiger partial charge in [-0.05, 0) is 73.9 Å². The lowest BCUT2D eigenvalue weighted by Crippen LogP contribution is -2.41. The number of carbonyl (C=O) groups excluding carboxylic acids is 1. The maximum absolute atomic E-state index is 13.4. The molecule has 0 aliphatic carbocycles. The lowest BCUT2D eigenvalue weighted by Gasteiger charge is -2.26. The summed E-state index contributed by atoms with van der Waals surface area (Å²) in [5.74, 6) is -0.773. The van der Waals surface area contributed by atoms with E-state index in [0.717, 1.165) is 15.4 Å². The molecule has 8 heteroatoms. The Kier molecular flexibility index (Phi) is 7.53. The van der Waals surface area contributed by atoms with Crippen molar-refractivity contribution in [3.8, 4) is 0 Å². The summed E-state index contributed by atoms with van der Waals surface area (Å²) in [6.07, 6.45) is 0.497. The van der Waals surface area contributed by atoms with E-state index in [1.54, 1.807) is 49.4 Å². The van der Waals surface area contributed by atoms with Crippen LogP contribution in [0.5, 0.6) is 0 Å². The maximum Gasteiger partial charge on any atom is 0.264 e. The van der Waals surface area contributed by atoms with Crippen LogP contribution in [-0.4, -0.2) is 27.4 Å². The summed E-state index contributed by atoms with van der Waals surface area (Å²) < 4.78 is 41.0. The Bertz CT molecular complexity index is 1200. The van der Waals surface area contributed by atoms with Crippen molar-refractivity contribution in [3.63, 3.8) is 0 Å². The Labute approximate surface area is 192 Å². The maximum atomic E-state index is 13.4. The molecule has 0 unspecified atom stereocenters. The van der Waals surface area contributed by atoms with Crippen molar-refractivity contribution in [2.24, 2.45) is 0 Å². The summed E-state index contributed by atoms with van der Waals surface area (Å²) in [4.78, 5) is 12.8. The Morgan fingerprint density at radius 3 is 2.28 bits per heavy atom. The van der Waals surface area contributed by atoms with Gasteiger partial charge < -0.3 is 5.32 Å². The van der Waals surface area contributed by atoms with Crippen LogP contribution in [0.2, 0.25) is 5.02 Å². The number of benzene rings is 3. The van der Waals surface area contributed by atoms with Crippen LogP contribution in [0.4, 0.5) is 10.1 Å². The van der Waals surface area contributed by atoms with Gasteiger partial charge in [-0.1, -0.05) is 41.4 Å². The average Bonchev–Trinajstić information content (AvgIpc) is 2.74. The predicted octanol–water partition coefficient (Wildman–Crippen LogP) is 4.65. The highest BCUT2D eigenvalue weighted by molar-refractivity contribution is 7.92. The minimum absolute atomic E-state index is 0.0940. The zero-order valence-electron chi connectivity index (χ0n) is 17.8. The first-order chi connectivity index (χ1) is 15.2. The molecular formula is C24H24ClFN2O3S. The first-order valence-electron chi connectivity index (χ1n) is 10.0. The molecule has 0 heterocycles. The van der Waals surface area contributed by atoms with Crippen LogP contribution in [0, 0.1) is 19.7 Å². The fourth-order valence-corrected chi connectivity index (χ4v) is 4.93. The zero-order chi connectivity index (χ0) is 23.3. The molecule has 0 aliphatic heterocycles. The second-order valence-electron chi connectivity index (χ2n) is 7.48. The fourth-order valence-electron chi connectivity index (χ4n) is 3.22. The smallest absolute Gasteiger partial charge is 0.264 e. The van der Waals surface area contributed by atoms with Gasteiger partial charge in [-0.15, -0.1) is 0 Å². The van der Waals surface area contributed by atoms with Gasteiger partial charge in [-0.25, -0.2) is 12.8 Å². The van der Waals surface area contributed by atoms with Gasteiger partial charge in [0.25, 0.3) is 10.0 Å². The number of hydrogen-bond donors (Lipinski definition) is 1. The highest BCUT2D eigenvalue weighted by Gasteiger charge is 2.28. The van der Waals surface area contributed by atoms with Crippen molar-refractivity contribution in [3.05, 3.63) is 94.3 Å². The minimum atomic E-state index is -4.00. The summed E-state index contributed by atoms with van der Waals surface area (Å²) in [5.41, 5.74) is 2.80. The van der Waals surface area contributed by atoms with E-state index < -0.39 is 15.9 Å². The van der Waals surface area contributed by atoms with Crippen molar-refractivity contribution in [2.75, 3.05) is 17.4 Å². The molecule has 1 amide bonds. The molecule has 0 aromatic heterocycles. The van der Waals surface area contributed by atoms with Crippen LogP contribution in [0.25, 0.3) is 0 Å². The summed E-state index contributed by atoms with van der Waals surface area (Å²) in [6.45, 7) is 3.52. The molecule has 5 nitrogen and oxygen atoms in total. The summed E-state index contributed by atoms with van der Waals surface area (Å²) in [6, 6.07) is 17.3. The number of hydrogen-bond acceptors (Lipinski definition) is 3. The molecule has 0 fully saturated rings. The molecule has 1 N–H and O–H groups in total. The Morgan fingerprint density at radius 1 is 1.00 bits per heavy atom. The molecule has 3 aromatic carbocycles. The monoisotopic (exact) mass is 474 g/mol. The van der Waals surface area contributed by atoms with Crippen molar-refractivity contribution >= 4 is 33.2 Å². The Morgan fingerprint density at radius 2 is 1.66 bits per heavy atom. The number of anilines is 1. The fraction of sp³-hybridized carbons (Fsp3) is 0.208. The van der Waals surface area contributed by atoms with Crippen LogP contribution in [0.1, 0.15) is 16.7 Å². The SMILES string of the molecule is Cc1ccc(S(=O)(=O)N(CC(=O)NCCc2ccc(F)cc2)c2ccc(Cl)cc2C)cc1. The van der Waals surface area contributed by atoms with E-state index in [9.17, 15) is 17.6 Å². The van der Waals surface area contributed by atoms with Crippen LogP contribution < -0.4 is 9.62 Å². The molecule has 0 atom stereocenters. The second-order valence-corrected chi connectivity index (χ2v) is 9.78. The van der Waals surface area contributed by atoms with Crippen molar-refractivity contribution < 1.29 is 17.6 Å². The third kappa shape index (κ3) is 5.87. The number of nitrogens with zero attached hydrogens (tertiary/aromatic N) is 1. The summed E-state index contributed by atoms with van der Waals surface area (Å²) in [7, 11) is -4.00. The average molecular weight is 475 g/mol. The number of halogens is 2. The molecule has 3 aromatic rings. The van der Waals surface area contributed by atoms with Crippen molar-refractivity contribution in [1.29, 1.82) is 0 Å². The highest BCUT2D eigenvalue weighted by Crippen LogP contribution is 2.29. The van der Waals surface area contributed by atoms with Crippen LogP contribution in [0.3, 0.4) is 0 Å². The minimum Gasteiger partial charge on any atom is -0.354 e. The molecule has 0 bridgehead atoms. The molecular weight excluding hydrogens is 451 g/mol. The van der Waals surface area contributed by atoms with E-state index in [4.69, 9.17) is 11.6 Å². The molecule has 0 aliphatic rings. The van der Waals surface area contributed by atoms with Gasteiger partial charge in [0.05, 0.1) is 10.6 Å². The number of aryl methyl sites for hydroxylation is 2.